The Morgan fingerprint density at radius 3 is 2.82 bits per heavy atom. The van der Waals surface area contributed by atoms with Gasteiger partial charge in [-0.05, 0) is 36.7 Å². The lowest BCUT2D eigenvalue weighted by atomic mass is 9.99. The van der Waals surface area contributed by atoms with Gasteiger partial charge in [0.2, 0.25) is 0 Å². The normalized spacial score (nSPS) is 14.9. The van der Waals surface area contributed by atoms with Crippen molar-refractivity contribution < 1.29 is 0 Å². The van der Waals surface area contributed by atoms with Crippen LogP contribution >= 0.6 is 0 Å². The van der Waals surface area contributed by atoms with Crippen molar-refractivity contribution in [3.63, 3.8) is 0 Å². The van der Waals surface area contributed by atoms with Gasteiger partial charge in [-0.2, -0.15) is 15.3 Å². The monoisotopic (exact) mass is 437 g/mol. The predicted molar refractivity (Wildman–Crippen MR) is 129 cm³/mol. The minimum absolute atomic E-state index is 0.191. The Hall–Kier alpha value is -4.11. The highest BCUT2D eigenvalue weighted by Crippen LogP contribution is 2.41. The number of anilines is 2. The largest absolute Gasteiger partial charge is 0.359 e. The molecule has 0 fully saturated rings. The molecule has 4 aromatic heterocycles. The van der Waals surface area contributed by atoms with Crippen molar-refractivity contribution in [2.75, 3.05) is 17.2 Å². The zero-order valence-corrected chi connectivity index (χ0v) is 18.3. The maximum Gasteiger partial charge on any atom is 0.155 e. The van der Waals surface area contributed by atoms with Gasteiger partial charge in [0.1, 0.15) is 11.9 Å². The second-order valence-corrected chi connectivity index (χ2v) is 8.18. The van der Waals surface area contributed by atoms with E-state index in [9.17, 15) is 0 Å². The van der Waals surface area contributed by atoms with Crippen LogP contribution in [0.15, 0.2) is 49.2 Å². The third-order valence-electron chi connectivity index (χ3n) is 6.23. The number of pyridine rings is 2. The fraction of sp³-hybridized carbons (Fsp3) is 0.208. The van der Waals surface area contributed by atoms with E-state index >= 15 is 0 Å². The van der Waals surface area contributed by atoms with Crippen LogP contribution in [0.3, 0.4) is 0 Å². The molecule has 1 aromatic carbocycles. The van der Waals surface area contributed by atoms with E-state index in [0.717, 1.165) is 63.1 Å². The molecule has 6 rings (SSSR count). The van der Waals surface area contributed by atoms with Crippen LogP contribution in [-0.4, -0.2) is 36.9 Å². The number of H-pyrrole nitrogens is 1. The molecule has 0 saturated carbocycles. The fourth-order valence-electron chi connectivity index (χ4n) is 4.41. The third kappa shape index (κ3) is 3.25. The molecule has 1 aliphatic rings. The molecule has 4 N–H and O–H groups in total. The summed E-state index contributed by atoms with van der Waals surface area (Å²) in [6.45, 7) is 5.95. The summed E-state index contributed by atoms with van der Waals surface area (Å²) in [5, 5.41) is 29.2. The highest BCUT2D eigenvalue weighted by Gasteiger charge is 2.27. The van der Waals surface area contributed by atoms with Gasteiger partial charge in [-0.3, -0.25) is 10.1 Å². The lowest BCUT2D eigenvalue weighted by Crippen LogP contribution is -2.13. The molecular weight excluding hydrogens is 414 g/mol. The van der Waals surface area contributed by atoms with Crippen LogP contribution in [0.5, 0.6) is 0 Å². The number of fused-ring (bicyclic) bond motifs is 4. The summed E-state index contributed by atoms with van der Waals surface area (Å²) in [7, 11) is 0. The molecule has 0 spiro atoms. The first-order chi connectivity index (χ1) is 16.2. The van der Waals surface area contributed by atoms with Crippen molar-refractivity contribution in [3.05, 3.63) is 66.0 Å². The first kappa shape index (κ1) is 19.6. The molecule has 33 heavy (non-hydrogen) atoms. The van der Waals surface area contributed by atoms with Gasteiger partial charge < -0.3 is 16.0 Å². The molecule has 0 bridgehead atoms. The number of hydrogen-bond donors (Lipinski definition) is 4. The Labute approximate surface area is 190 Å². The van der Waals surface area contributed by atoms with Gasteiger partial charge in [0.25, 0.3) is 0 Å². The van der Waals surface area contributed by atoms with Crippen LogP contribution in [0.2, 0.25) is 0 Å². The summed E-state index contributed by atoms with van der Waals surface area (Å²) in [6, 6.07) is 6.23. The third-order valence-corrected chi connectivity index (χ3v) is 6.23. The highest BCUT2D eigenvalue weighted by atomic mass is 15.3. The van der Waals surface area contributed by atoms with Crippen molar-refractivity contribution in [3.8, 4) is 11.1 Å². The van der Waals surface area contributed by atoms with Crippen LogP contribution in [0.25, 0.3) is 32.9 Å². The summed E-state index contributed by atoms with van der Waals surface area (Å²) in [6.07, 6.45) is 9.07. The molecule has 1 aliphatic heterocycles. The molecular formula is C24H23N9. The minimum atomic E-state index is -0.191. The van der Waals surface area contributed by atoms with Gasteiger partial charge in [-0.25, -0.2) is 4.98 Å². The molecule has 0 aliphatic carbocycles. The van der Waals surface area contributed by atoms with E-state index in [1.807, 2.05) is 24.7 Å². The minimum Gasteiger partial charge on any atom is -0.359 e. The first-order valence-electron chi connectivity index (χ1n) is 11.0. The van der Waals surface area contributed by atoms with Crippen LogP contribution in [-0.2, 0) is 6.54 Å². The molecule has 1 atom stereocenters. The van der Waals surface area contributed by atoms with Crippen molar-refractivity contribution >= 4 is 33.2 Å². The predicted octanol–water partition coefficient (Wildman–Crippen LogP) is 3.92. The van der Waals surface area contributed by atoms with Gasteiger partial charge in [0.15, 0.2) is 5.65 Å². The van der Waals surface area contributed by atoms with Crippen LogP contribution in [0.1, 0.15) is 29.9 Å². The Bertz CT molecular complexity index is 1490. The van der Waals surface area contributed by atoms with E-state index in [0.29, 0.717) is 0 Å². The van der Waals surface area contributed by atoms with Crippen molar-refractivity contribution in [2.45, 2.75) is 26.6 Å². The number of nitrogens with zero attached hydrogens (tertiary/aromatic N) is 5. The lowest BCUT2D eigenvalue weighted by Gasteiger charge is -2.12. The summed E-state index contributed by atoms with van der Waals surface area (Å²) < 4.78 is 0. The second kappa shape index (κ2) is 7.79. The molecule has 0 amide bonds. The van der Waals surface area contributed by atoms with E-state index in [1.54, 1.807) is 12.4 Å². The van der Waals surface area contributed by atoms with Gasteiger partial charge in [0.05, 0.1) is 23.8 Å². The van der Waals surface area contributed by atoms with E-state index in [1.165, 1.54) is 11.1 Å². The van der Waals surface area contributed by atoms with Crippen molar-refractivity contribution in [1.82, 2.24) is 35.7 Å². The van der Waals surface area contributed by atoms with Crippen molar-refractivity contribution in [2.24, 2.45) is 0 Å². The lowest BCUT2D eigenvalue weighted by molar-refractivity contribution is 0.721. The van der Waals surface area contributed by atoms with Gasteiger partial charge in [-0.1, -0.05) is 13.0 Å². The Morgan fingerprint density at radius 2 is 1.91 bits per heavy atom. The summed E-state index contributed by atoms with van der Waals surface area (Å²) >= 11 is 0. The van der Waals surface area contributed by atoms with Crippen LogP contribution in [0.4, 0.5) is 11.4 Å². The fourth-order valence-corrected chi connectivity index (χ4v) is 4.41. The standard InChI is InChI=1S/C24H23N9/c1-3-25-7-16-8-26-11-18(13(16)2)15-6-17-22(32-33-23(17)27-9-15)24-30-20-5-4-14-10-28-29-12-19(14)21(20)31-24/h4-6,8-12,24-25,30-31H,3,7H2,1-2H3,(H,27,32,33). The molecule has 164 valence electrons. The molecule has 5 heterocycles. The van der Waals surface area contributed by atoms with Crippen LogP contribution in [0, 0.1) is 6.92 Å². The van der Waals surface area contributed by atoms with E-state index in [4.69, 9.17) is 0 Å². The number of hydrogen-bond acceptors (Lipinski definition) is 8. The molecule has 0 radical (unpaired) electrons. The van der Waals surface area contributed by atoms with Gasteiger partial charge in [0, 0.05) is 52.4 Å². The molecule has 9 nitrogen and oxygen atoms in total. The van der Waals surface area contributed by atoms with Crippen molar-refractivity contribution in [1.29, 1.82) is 0 Å². The second-order valence-electron chi connectivity index (χ2n) is 8.18. The average Bonchev–Trinajstić information content (AvgIpc) is 3.47. The molecule has 5 aromatic rings. The number of aromatic amines is 1. The number of benzene rings is 1. The smallest absolute Gasteiger partial charge is 0.155 e. The topological polar surface area (TPSA) is 116 Å². The first-order valence-corrected chi connectivity index (χ1v) is 11.0. The molecule has 9 heteroatoms. The Morgan fingerprint density at radius 1 is 1.00 bits per heavy atom. The van der Waals surface area contributed by atoms with Gasteiger partial charge in [-0.15, -0.1) is 0 Å². The SMILES string of the molecule is CCNCc1cncc(-c2cnc3[nH]nc(C4Nc5ccc6cnncc6c5N4)c3c2)c1C. The maximum atomic E-state index is 4.65. The van der Waals surface area contributed by atoms with Crippen LogP contribution < -0.4 is 16.0 Å². The number of aromatic nitrogens is 6. The number of nitrogens with one attached hydrogen (secondary N) is 4. The van der Waals surface area contributed by atoms with E-state index < -0.39 is 0 Å². The van der Waals surface area contributed by atoms with E-state index in [2.05, 4.69) is 72.3 Å². The summed E-state index contributed by atoms with van der Waals surface area (Å²) in [5.41, 5.74) is 8.11. The van der Waals surface area contributed by atoms with Gasteiger partial charge >= 0.3 is 0 Å². The number of rotatable bonds is 5. The quantitative estimate of drug-likeness (QED) is 0.327. The highest BCUT2D eigenvalue weighted by molar-refractivity contribution is 6.01. The zero-order chi connectivity index (χ0) is 22.4. The van der Waals surface area contributed by atoms with E-state index in [-0.39, 0.29) is 6.17 Å². The maximum absolute atomic E-state index is 4.65. The summed E-state index contributed by atoms with van der Waals surface area (Å²) in [5.74, 6) is 0. The average molecular weight is 438 g/mol. The molecule has 0 saturated heterocycles. The molecule has 1 unspecified atom stereocenters. The Kier molecular flexibility index (Phi) is 4.62. The Balaban J connectivity index is 1.39. The zero-order valence-electron chi connectivity index (χ0n) is 18.3. The summed E-state index contributed by atoms with van der Waals surface area (Å²) in [4.78, 5) is 9.12.